The molecular formula is C25H21F2NO4. The van der Waals surface area contributed by atoms with E-state index in [1.54, 1.807) is 0 Å². The van der Waals surface area contributed by atoms with Gasteiger partial charge < -0.3 is 15.6 Å². The Kier molecular flexibility index (Phi) is 6.01. The van der Waals surface area contributed by atoms with Crippen LogP contribution < -0.4 is 5.73 Å². The third kappa shape index (κ3) is 4.11. The van der Waals surface area contributed by atoms with E-state index in [4.69, 9.17) is 10.5 Å². The fourth-order valence-corrected chi connectivity index (χ4v) is 4.21. The van der Waals surface area contributed by atoms with Gasteiger partial charge in [-0.25, -0.2) is 8.78 Å². The minimum absolute atomic E-state index is 0.0332. The van der Waals surface area contributed by atoms with Gasteiger partial charge in [0.05, 0.1) is 0 Å². The van der Waals surface area contributed by atoms with Gasteiger partial charge in [0.1, 0.15) is 6.61 Å². The molecule has 1 aliphatic rings. The average molecular weight is 437 g/mol. The fraction of sp³-hybridized carbons (Fsp3) is 0.200. The minimum atomic E-state index is -1.64. The number of esters is 1. The van der Waals surface area contributed by atoms with Gasteiger partial charge in [0.25, 0.3) is 0 Å². The number of carbonyl (C=O) groups excluding carboxylic acids is 1. The molecule has 2 atom stereocenters. The van der Waals surface area contributed by atoms with E-state index >= 15 is 0 Å². The maximum Gasteiger partial charge on any atom is 0.321 e. The molecule has 0 saturated carbocycles. The van der Waals surface area contributed by atoms with Crippen LogP contribution in [0.15, 0.2) is 66.7 Å². The summed E-state index contributed by atoms with van der Waals surface area (Å²) in [7, 11) is 0. The largest absolute Gasteiger partial charge is 0.481 e. The van der Waals surface area contributed by atoms with E-state index in [1.807, 2.05) is 48.5 Å². The zero-order valence-electron chi connectivity index (χ0n) is 17.0. The summed E-state index contributed by atoms with van der Waals surface area (Å²) in [5, 5.41) is 9.58. The van der Waals surface area contributed by atoms with Crippen molar-refractivity contribution >= 4 is 11.9 Å². The first kappa shape index (κ1) is 21.6. The Hall–Kier alpha value is -3.58. The van der Waals surface area contributed by atoms with Crippen LogP contribution in [-0.2, 0) is 20.7 Å². The van der Waals surface area contributed by atoms with Crippen LogP contribution in [0.5, 0.6) is 0 Å². The molecule has 32 heavy (non-hydrogen) atoms. The highest BCUT2D eigenvalue weighted by atomic mass is 19.2. The molecule has 164 valence electrons. The Morgan fingerprint density at radius 1 is 0.938 bits per heavy atom. The van der Waals surface area contributed by atoms with Crippen LogP contribution in [0.1, 0.15) is 22.6 Å². The minimum Gasteiger partial charge on any atom is -0.481 e. The number of ether oxygens (including phenoxy) is 1. The van der Waals surface area contributed by atoms with Gasteiger partial charge in [-0.3, -0.25) is 9.59 Å². The Morgan fingerprint density at radius 2 is 1.53 bits per heavy atom. The van der Waals surface area contributed by atoms with Crippen molar-refractivity contribution in [1.82, 2.24) is 0 Å². The van der Waals surface area contributed by atoms with Crippen molar-refractivity contribution < 1.29 is 28.2 Å². The molecule has 0 amide bonds. The van der Waals surface area contributed by atoms with Crippen molar-refractivity contribution in [3.05, 3.63) is 95.1 Å². The number of carbonyl (C=O) groups is 2. The van der Waals surface area contributed by atoms with Gasteiger partial charge >= 0.3 is 11.9 Å². The lowest BCUT2D eigenvalue weighted by molar-refractivity contribution is -0.159. The molecule has 0 saturated heterocycles. The highest BCUT2D eigenvalue weighted by molar-refractivity contribution is 5.95. The second-order valence-electron chi connectivity index (χ2n) is 7.79. The van der Waals surface area contributed by atoms with Crippen LogP contribution in [0.2, 0.25) is 0 Å². The van der Waals surface area contributed by atoms with E-state index in [1.165, 1.54) is 6.07 Å². The summed E-state index contributed by atoms with van der Waals surface area (Å²) in [6.07, 6.45) is -0.127. The quantitative estimate of drug-likeness (QED) is 0.432. The number of hydrogen-bond donors (Lipinski definition) is 2. The zero-order chi connectivity index (χ0) is 22.8. The molecular weight excluding hydrogens is 416 g/mol. The lowest BCUT2D eigenvalue weighted by atomic mass is 9.94. The molecule has 7 heteroatoms. The van der Waals surface area contributed by atoms with Gasteiger partial charge in [0.15, 0.2) is 17.6 Å². The van der Waals surface area contributed by atoms with Gasteiger partial charge in [0, 0.05) is 12.0 Å². The van der Waals surface area contributed by atoms with Crippen molar-refractivity contribution in [3.8, 4) is 11.1 Å². The SMILES string of the molecule is N[C@@H](Cc1ccc(F)c(F)c1)[C@@H](C(=O)O)C(=O)OCC1c2ccccc2-c2ccccc21. The molecule has 3 aromatic carbocycles. The third-order valence-corrected chi connectivity index (χ3v) is 5.76. The number of nitrogens with two attached hydrogens (primary N) is 1. The molecule has 5 nitrogen and oxygen atoms in total. The highest BCUT2D eigenvalue weighted by Crippen LogP contribution is 2.44. The molecule has 4 rings (SSSR count). The molecule has 0 unspecified atom stereocenters. The second-order valence-corrected chi connectivity index (χ2v) is 7.79. The van der Waals surface area contributed by atoms with E-state index in [0.29, 0.717) is 0 Å². The van der Waals surface area contributed by atoms with Gasteiger partial charge in [0.2, 0.25) is 0 Å². The Bertz CT molecular complexity index is 1130. The highest BCUT2D eigenvalue weighted by Gasteiger charge is 2.36. The molecule has 0 aliphatic heterocycles. The Labute approximate surface area is 183 Å². The molecule has 1 aliphatic carbocycles. The van der Waals surface area contributed by atoms with Crippen LogP contribution >= 0.6 is 0 Å². The maximum atomic E-state index is 13.5. The smallest absolute Gasteiger partial charge is 0.321 e. The number of aliphatic carboxylic acids is 1. The first-order valence-electron chi connectivity index (χ1n) is 10.1. The number of benzene rings is 3. The van der Waals surface area contributed by atoms with Gasteiger partial charge in [-0.2, -0.15) is 0 Å². The van der Waals surface area contributed by atoms with Crippen LogP contribution in [0.3, 0.4) is 0 Å². The zero-order valence-corrected chi connectivity index (χ0v) is 17.0. The average Bonchev–Trinajstić information content (AvgIpc) is 3.08. The van der Waals surface area contributed by atoms with Crippen molar-refractivity contribution in [2.24, 2.45) is 11.7 Å². The van der Waals surface area contributed by atoms with Crippen molar-refractivity contribution in [1.29, 1.82) is 0 Å². The third-order valence-electron chi connectivity index (χ3n) is 5.76. The van der Waals surface area contributed by atoms with Gasteiger partial charge in [-0.05, 0) is 46.4 Å². The van der Waals surface area contributed by atoms with Crippen LogP contribution in [-0.4, -0.2) is 29.7 Å². The van der Waals surface area contributed by atoms with Crippen molar-refractivity contribution in [2.45, 2.75) is 18.4 Å². The summed E-state index contributed by atoms with van der Waals surface area (Å²) in [5.41, 5.74) is 10.4. The molecule has 3 aromatic rings. The first-order valence-corrected chi connectivity index (χ1v) is 10.1. The van der Waals surface area contributed by atoms with E-state index < -0.39 is 35.5 Å². The standard InChI is InChI=1S/C25H21F2NO4/c26-20-10-9-14(11-21(20)27)12-22(28)23(24(29)30)25(31)32-13-19-17-7-3-1-5-15(17)16-6-2-4-8-18(16)19/h1-11,19,22-23H,12-13,28H2,(H,29,30)/t22-,23-/m0/s1. The normalized spacial score (nSPS) is 14.3. The number of carboxylic acid groups (broad SMARTS) is 1. The molecule has 0 radical (unpaired) electrons. The topological polar surface area (TPSA) is 89.6 Å². The van der Waals surface area contributed by atoms with Crippen molar-refractivity contribution in [3.63, 3.8) is 0 Å². The predicted molar refractivity (Wildman–Crippen MR) is 114 cm³/mol. The summed E-state index contributed by atoms with van der Waals surface area (Å²) < 4.78 is 32.0. The summed E-state index contributed by atoms with van der Waals surface area (Å²) in [5.74, 6) is -6.35. The lowest BCUT2D eigenvalue weighted by Gasteiger charge is -2.21. The lowest BCUT2D eigenvalue weighted by Crippen LogP contribution is -2.43. The first-order chi connectivity index (χ1) is 15.4. The number of halogens is 2. The maximum absolute atomic E-state index is 13.5. The number of hydrogen-bond acceptors (Lipinski definition) is 4. The van der Waals surface area contributed by atoms with Gasteiger partial charge in [-0.1, -0.05) is 54.6 Å². The Balaban J connectivity index is 1.49. The van der Waals surface area contributed by atoms with E-state index in [2.05, 4.69) is 0 Å². The number of carboxylic acids is 1. The monoisotopic (exact) mass is 437 g/mol. The van der Waals surface area contributed by atoms with Crippen LogP contribution in [0.25, 0.3) is 11.1 Å². The van der Waals surface area contributed by atoms with Gasteiger partial charge in [-0.15, -0.1) is 0 Å². The summed E-state index contributed by atoms with van der Waals surface area (Å²) in [4.78, 5) is 24.5. The van der Waals surface area contributed by atoms with E-state index in [9.17, 15) is 23.5 Å². The van der Waals surface area contributed by atoms with E-state index in [-0.39, 0.29) is 24.5 Å². The molecule has 0 bridgehead atoms. The molecule has 3 N–H and O–H groups in total. The van der Waals surface area contributed by atoms with E-state index in [0.717, 1.165) is 34.4 Å². The molecule has 0 spiro atoms. The van der Waals surface area contributed by atoms with Crippen LogP contribution in [0, 0.1) is 17.6 Å². The fourth-order valence-electron chi connectivity index (χ4n) is 4.21. The molecule has 0 heterocycles. The number of fused-ring (bicyclic) bond motifs is 3. The van der Waals surface area contributed by atoms with Crippen LogP contribution in [0.4, 0.5) is 8.78 Å². The molecule has 0 aromatic heterocycles. The summed E-state index contributed by atoms with van der Waals surface area (Å²) >= 11 is 0. The number of rotatable bonds is 7. The van der Waals surface area contributed by atoms with Crippen molar-refractivity contribution in [2.75, 3.05) is 6.61 Å². The summed E-state index contributed by atoms with van der Waals surface area (Å²) in [6, 6.07) is 17.6. The molecule has 0 fully saturated rings. The predicted octanol–water partition coefficient (Wildman–Crippen LogP) is 3.89. The Morgan fingerprint density at radius 3 is 2.09 bits per heavy atom. The summed E-state index contributed by atoms with van der Waals surface area (Å²) in [6.45, 7) is -0.0332. The second kappa shape index (κ2) is 8.88.